The molecule has 0 saturated carbocycles. The Morgan fingerprint density at radius 2 is 2.21 bits per heavy atom. The van der Waals surface area contributed by atoms with Gasteiger partial charge in [0.05, 0.1) is 11.1 Å². The van der Waals surface area contributed by atoms with Crippen LogP contribution in [0.15, 0.2) is 23.1 Å². The number of carbonyl (C=O) groups is 1. The molecule has 0 radical (unpaired) electrons. The van der Waals surface area contributed by atoms with Crippen LogP contribution in [0.25, 0.3) is 0 Å². The maximum atomic E-state index is 11.1. The smallest absolute Gasteiger partial charge is 0.285 e. The van der Waals surface area contributed by atoms with Crippen LogP contribution in [0.1, 0.15) is 0 Å². The Kier molecular flexibility index (Phi) is 2.61. The quantitative estimate of drug-likeness (QED) is 0.507. The van der Waals surface area contributed by atoms with Crippen LogP contribution < -0.4 is 11.3 Å². The monoisotopic (exact) mass is 197 g/mol. The lowest BCUT2D eigenvalue weighted by molar-refractivity contribution is -0.385. The van der Waals surface area contributed by atoms with Gasteiger partial charge in [-0.1, -0.05) is 0 Å². The fraction of sp³-hybridized carbons (Fsp3) is 0.143. The Balaban J connectivity index is 3.15. The molecule has 0 unspecified atom stereocenters. The molecule has 2 N–H and O–H groups in total. The largest absolute Gasteiger partial charge is 0.368 e. The second-order valence-electron chi connectivity index (χ2n) is 2.58. The lowest BCUT2D eigenvalue weighted by Crippen LogP contribution is -2.27. The zero-order valence-corrected chi connectivity index (χ0v) is 7.04. The van der Waals surface area contributed by atoms with E-state index in [-0.39, 0.29) is 12.2 Å². The van der Waals surface area contributed by atoms with E-state index in [2.05, 4.69) is 0 Å². The molecule has 74 valence electrons. The van der Waals surface area contributed by atoms with E-state index in [1.54, 1.807) is 0 Å². The first-order valence-electron chi connectivity index (χ1n) is 3.64. The van der Waals surface area contributed by atoms with E-state index in [0.717, 1.165) is 22.9 Å². The first-order valence-corrected chi connectivity index (χ1v) is 3.64. The molecule has 1 aromatic heterocycles. The summed E-state index contributed by atoms with van der Waals surface area (Å²) in [5.41, 5.74) is 4.09. The van der Waals surface area contributed by atoms with Gasteiger partial charge in [-0.3, -0.25) is 24.3 Å². The Bertz CT molecular complexity index is 437. The van der Waals surface area contributed by atoms with Crippen molar-refractivity contribution in [3.63, 3.8) is 0 Å². The van der Waals surface area contributed by atoms with Gasteiger partial charge in [0, 0.05) is 12.1 Å². The molecule has 0 fully saturated rings. The van der Waals surface area contributed by atoms with Gasteiger partial charge in [0.2, 0.25) is 5.91 Å². The van der Waals surface area contributed by atoms with Crippen molar-refractivity contribution in [2.45, 2.75) is 6.54 Å². The zero-order valence-electron chi connectivity index (χ0n) is 7.04. The summed E-state index contributed by atoms with van der Waals surface area (Å²) in [7, 11) is 0. The van der Waals surface area contributed by atoms with Gasteiger partial charge in [-0.2, -0.15) is 0 Å². The average molecular weight is 197 g/mol. The topological polar surface area (TPSA) is 108 Å². The van der Waals surface area contributed by atoms with Crippen molar-refractivity contribution < 1.29 is 9.72 Å². The van der Waals surface area contributed by atoms with Gasteiger partial charge in [-0.05, 0) is 0 Å². The molecule has 7 heteroatoms. The first-order chi connectivity index (χ1) is 6.50. The van der Waals surface area contributed by atoms with E-state index >= 15 is 0 Å². The first kappa shape index (κ1) is 9.90. The van der Waals surface area contributed by atoms with Gasteiger partial charge < -0.3 is 5.73 Å². The summed E-state index contributed by atoms with van der Waals surface area (Å²) in [6, 6.07) is 2.08. The molecule has 1 aromatic rings. The predicted octanol–water partition coefficient (Wildman–Crippen LogP) is -0.758. The third-order valence-electron chi connectivity index (χ3n) is 1.50. The number of carbonyl (C=O) groups excluding carboxylic acids is 1. The summed E-state index contributed by atoms with van der Waals surface area (Å²) in [4.78, 5) is 31.2. The number of nitrogens with two attached hydrogens (primary N) is 1. The second-order valence-corrected chi connectivity index (χ2v) is 2.58. The molecule has 1 amide bonds. The normalized spacial score (nSPS) is 9.71. The second kappa shape index (κ2) is 3.69. The summed E-state index contributed by atoms with van der Waals surface area (Å²) in [6.45, 7) is -0.361. The summed E-state index contributed by atoms with van der Waals surface area (Å²) in [5.74, 6) is -0.729. The molecule has 0 aliphatic carbocycles. The van der Waals surface area contributed by atoms with Crippen molar-refractivity contribution in [2.75, 3.05) is 0 Å². The van der Waals surface area contributed by atoms with Crippen molar-refractivity contribution in [3.8, 4) is 0 Å². The predicted molar refractivity (Wildman–Crippen MR) is 46.6 cm³/mol. The molecule has 0 aliphatic rings. The molecule has 14 heavy (non-hydrogen) atoms. The molecular formula is C7H7N3O4. The fourth-order valence-corrected chi connectivity index (χ4v) is 0.918. The summed E-state index contributed by atoms with van der Waals surface area (Å²) < 4.78 is 0.889. The van der Waals surface area contributed by atoms with Crippen LogP contribution in [0.2, 0.25) is 0 Å². The minimum absolute atomic E-state index is 0.258. The number of nitrogens with zero attached hydrogens (tertiary/aromatic N) is 2. The number of pyridine rings is 1. The van der Waals surface area contributed by atoms with E-state index in [1.807, 2.05) is 0 Å². The maximum Gasteiger partial charge on any atom is 0.285 e. The minimum atomic E-state index is -0.729. The van der Waals surface area contributed by atoms with Gasteiger partial charge in [0.15, 0.2) is 0 Å². The van der Waals surface area contributed by atoms with E-state index < -0.39 is 16.4 Å². The molecule has 0 bridgehead atoms. The van der Waals surface area contributed by atoms with Crippen molar-refractivity contribution in [2.24, 2.45) is 5.73 Å². The Morgan fingerprint density at radius 3 is 2.71 bits per heavy atom. The van der Waals surface area contributed by atoms with Crippen LogP contribution in [0.3, 0.4) is 0 Å². The van der Waals surface area contributed by atoms with Crippen LogP contribution >= 0.6 is 0 Å². The lowest BCUT2D eigenvalue weighted by atomic mass is 10.4. The summed E-state index contributed by atoms with van der Waals surface area (Å²) >= 11 is 0. The number of hydrogen-bond acceptors (Lipinski definition) is 4. The molecule has 1 rings (SSSR count). The highest BCUT2D eigenvalue weighted by Gasteiger charge is 2.08. The van der Waals surface area contributed by atoms with Crippen molar-refractivity contribution in [1.29, 1.82) is 0 Å². The van der Waals surface area contributed by atoms with E-state index in [4.69, 9.17) is 5.73 Å². The summed E-state index contributed by atoms with van der Waals surface area (Å²) in [5, 5.41) is 10.3. The van der Waals surface area contributed by atoms with Gasteiger partial charge in [-0.25, -0.2) is 0 Å². The maximum absolute atomic E-state index is 11.1. The third-order valence-corrected chi connectivity index (χ3v) is 1.50. The van der Waals surface area contributed by atoms with Crippen LogP contribution in [-0.2, 0) is 11.3 Å². The van der Waals surface area contributed by atoms with Gasteiger partial charge in [-0.15, -0.1) is 0 Å². The standard InChI is InChI=1S/C7H7N3O4/c8-6(11)4-9-3-5(10(13)14)1-2-7(9)12/h1-3H,4H2,(H2,8,11). The van der Waals surface area contributed by atoms with Gasteiger partial charge >= 0.3 is 0 Å². The Morgan fingerprint density at radius 1 is 1.57 bits per heavy atom. The highest BCUT2D eigenvalue weighted by molar-refractivity contribution is 5.73. The third kappa shape index (κ3) is 2.16. The molecule has 1 heterocycles. The zero-order chi connectivity index (χ0) is 10.7. The van der Waals surface area contributed by atoms with Crippen LogP contribution in [0, 0.1) is 10.1 Å². The van der Waals surface area contributed by atoms with Crippen LogP contribution in [0.4, 0.5) is 5.69 Å². The van der Waals surface area contributed by atoms with Crippen molar-refractivity contribution in [3.05, 3.63) is 38.8 Å². The molecule has 0 aromatic carbocycles. The van der Waals surface area contributed by atoms with Crippen LogP contribution in [0.5, 0.6) is 0 Å². The average Bonchev–Trinajstić information content (AvgIpc) is 2.07. The van der Waals surface area contributed by atoms with Crippen molar-refractivity contribution in [1.82, 2.24) is 4.57 Å². The molecular weight excluding hydrogens is 190 g/mol. The highest BCUT2D eigenvalue weighted by atomic mass is 16.6. The number of rotatable bonds is 3. The molecule has 0 spiro atoms. The SMILES string of the molecule is NC(=O)Cn1cc([N+](=O)[O-])ccc1=O. The highest BCUT2D eigenvalue weighted by Crippen LogP contribution is 2.05. The lowest BCUT2D eigenvalue weighted by Gasteiger charge is -2.00. The van der Waals surface area contributed by atoms with E-state index in [1.165, 1.54) is 0 Å². The molecule has 0 saturated heterocycles. The Hall–Kier alpha value is -2.18. The van der Waals surface area contributed by atoms with Crippen LogP contribution in [-0.4, -0.2) is 15.4 Å². The van der Waals surface area contributed by atoms with Crippen molar-refractivity contribution >= 4 is 11.6 Å². The van der Waals surface area contributed by atoms with Gasteiger partial charge in [0.25, 0.3) is 11.2 Å². The number of aromatic nitrogens is 1. The fourth-order valence-electron chi connectivity index (χ4n) is 0.918. The number of primary amides is 1. The molecule has 0 aliphatic heterocycles. The summed E-state index contributed by atoms with van der Waals surface area (Å²) in [6.07, 6.45) is 0.979. The Labute approximate surface area is 77.9 Å². The van der Waals surface area contributed by atoms with Gasteiger partial charge in [0.1, 0.15) is 6.54 Å². The van der Waals surface area contributed by atoms with E-state index in [0.29, 0.717) is 0 Å². The number of hydrogen-bond donors (Lipinski definition) is 1. The number of nitro groups is 1. The minimum Gasteiger partial charge on any atom is -0.368 e. The molecule has 0 atom stereocenters. The number of amides is 1. The molecule has 7 nitrogen and oxygen atoms in total. The van der Waals surface area contributed by atoms with E-state index in [9.17, 15) is 19.7 Å².